The van der Waals surface area contributed by atoms with Crippen LogP contribution in [-0.4, -0.2) is 27.9 Å². The molecule has 1 aliphatic rings. The number of hydrogen-bond acceptors (Lipinski definition) is 3. The molecule has 2 rings (SSSR count). The van der Waals surface area contributed by atoms with Crippen LogP contribution in [0.25, 0.3) is 0 Å². The fourth-order valence-electron chi connectivity index (χ4n) is 2.15. The Hall–Kier alpha value is -1.04. The lowest BCUT2D eigenvalue weighted by Crippen LogP contribution is -2.45. The maximum absolute atomic E-state index is 11.9. The molecule has 7 heteroatoms. The van der Waals surface area contributed by atoms with Crippen LogP contribution in [0.2, 0.25) is 0 Å². The van der Waals surface area contributed by atoms with E-state index in [0.717, 1.165) is 4.73 Å². The minimum Gasteiger partial charge on any atom is -0.618 e. The Labute approximate surface area is 121 Å². The van der Waals surface area contributed by atoms with Crippen molar-refractivity contribution in [3.8, 4) is 0 Å². The quantitative estimate of drug-likeness (QED) is 0.475. The van der Waals surface area contributed by atoms with E-state index in [9.17, 15) is 10.0 Å². The summed E-state index contributed by atoms with van der Waals surface area (Å²) in [6.07, 6.45) is 0.895. The van der Waals surface area contributed by atoms with Crippen molar-refractivity contribution in [1.82, 2.24) is 4.90 Å². The van der Waals surface area contributed by atoms with E-state index < -0.39 is 22.6 Å². The molecule has 1 aliphatic heterocycles. The van der Waals surface area contributed by atoms with Gasteiger partial charge < -0.3 is 14.8 Å². The van der Waals surface area contributed by atoms with E-state index in [2.05, 4.69) is 0 Å². The summed E-state index contributed by atoms with van der Waals surface area (Å²) in [5.41, 5.74) is -0.404. The number of carbonyl (C=O) groups excluding carboxylic acids is 1. The molecular weight excluding hydrogens is 291 g/mol. The summed E-state index contributed by atoms with van der Waals surface area (Å²) in [5.74, 6) is -0.427. The Bertz CT molecular complexity index is 494. The lowest BCUT2D eigenvalue weighted by Gasteiger charge is -2.29. The van der Waals surface area contributed by atoms with Crippen molar-refractivity contribution in [3.63, 3.8) is 0 Å². The lowest BCUT2D eigenvalue weighted by molar-refractivity contribution is -0.618. The standard InChI is InChI=1S/C12H14Cl2N2O3/c1-12(2)15(11(17)10(13)14)7-9(19-12)8-5-3-4-6-16(8)18/h3-6,9-10H,7H2,1-2H3. The first-order valence-corrected chi connectivity index (χ1v) is 6.66. The van der Waals surface area contributed by atoms with E-state index in [1.54, 1.807) is 32.0 Å². The van der Waals surface area contributed by atoms with Crippen LogP contribution in [0, 0.1) is 5.21 Å². The Balaban J connectivity index is 2.26. The molecule has 1 saturated heterocycles. The van der Waals surface area contributed by atoms with Gasteiger partial charge in [0.05, 0.1) is 6.54 Å². The topological polar surface area (TPSA) is 56.5 Å². The van der Waals surface area contributed by atoms with Crippen LogP contribution in [0.1, 0.15) is 25.6 Å². The molecule has 1 aromatic rings. The molecule has 1 aromatic heterocycles. The van der Waals surface area contributed by atoms with Crippen LogP contribution in [0.5, 0.6) is 0 Å². The van der Waals surface area contributed by atoms with Gasteiger partial charge in [-0.05, 0) is 19.9 Å². The normalized spacial score (nSPS) is 21.9. The molecule has 104 valence electrons. The number of halogens is 2. The summed E-state index contributed by atoms with van der Waals surface area (Å²) < 4.78 is 6.50. The van der Waals surface area contributed by atoms with E-state index in [-0.39, 0.29) is 6.54 Å². The van der Waals surface area contributed by atoms with Crippen LogP contribution in [-0.2, 0) is 9.53 Å². The van der Waals surface area contributed by atoms with E-state index in [0.29, 0.717) is 5.69 Å². The number of hydrogen-bond donors (Lipinski definition) is 0. The van der Waals surface area contributed by atoms with Gasteiger partial charge in [-0.3, -0.25) is 4.79 Å². The third kappa shape index (κ3) is 2.78. The van der Waals surface area contributed by atoms with Gasteiger partial charge in [0.15, 0.2) is 17.1 Å². The summed E-state index contributed by atoms with van der Waals surface area (Å²) in [6, 6.07) is 5.05. The Morgan fingerprint density at radius 3 is 2.84 bits per heavy atom. The van der Waals surface area contributed by atoms with E-state index in [1.165, 1.54) is 11.1 Å². The van der Waals surface area contributed by atoms with Gasteiger partial charge in [-0.1, -0.05) is 23.2 Å². The van der Waals surface area contributed by atoms with Gasteiger partial charge >= 0.3 is 0 Å². The number of rotatable bonds is 2. The molecule has 0 radical (unpaired) electrons. The molecule has 0 N–H and O–H groups in total. The summed E-state index contributed by atoms with van der Waals surface area (Å²) in [5, 5.41) is 11.7. The molecule has 1 unspecified atom stereocenters. The van der Waals surface area contributed by atoms with Gasteiger partial charge in [-0.15, -0.1) is 0 Å². The number of alkyl halides is 2. The molecule has 19 heavy (non-hydrogen) atoms. The molecule has 1 fully saturated rings. The summed E-state index contributed by atoms with van der Waals surface area (Å²) in [7, 11) is 0. The highest BCUT2D eigenvalue weighted by Gasteiger charge is 2.46. The van der Waals surface area contributed by atoms with Crippen molar-refractivity contribution < 1.29 is 14.3 Å². The van der Waals surface area contributed by atoms with Gasteiger partial charge in [-0.2, -0.15) is 4.73 Å². The molecular formula is C12H14Cl2N2O3. The van der Waals surface area contributed by atoms with Crippen molar-refractivity contribution in [2.24, 2.45) is 0 Å². The van der Waals surface area contributed by atoms with Crippen molar-refractivity contribution in [2.75, 3.05) is 6.54 Å². The Morgan fingerprint density at radius 1 is 1.58 bits per heavy atom. The smallest absolute Gasteiger partial charge is 0.258 e. The molecule has 0 aliphatic carbocycles. The molecule has 0 aromatic carbocycles. The minimum absolute atomic E-state index is 0.244. The van der Waals surface area contributed by atoms with Crippen molar-refractivity contribution >= 4 is 29.1 Å². The second-order valence-electron chi connectivity index (χ2n) is 4.75. The molecule has 2 heterocycles. The predicted molar refractivity (Wildman–Crippen MR) is 70.5 cm³/mol. The van der Waals surface area contributed by atoms with Crippen LogP contribution < -0.4 is 4.73 Å². The van der Waals surface area contributed by atoms with Crippen LogP contribution >= 0.6 is 23.2 Å². The minimum atomic E-state index is -1.14. The first kappa shape index (κ1) is 14.4. The predicted octanol–water partition coefficient (Wildman–Crippen LogP) is 1.76. The van der Waals surface area contributed by atoms with Gasteiger partial charge in [0.2, 0.25) is 5.69 Å². The highest BCUT2D eigenvalue weighted by atomic mass is 35.5. The second kappa shape index (κ2) is 5.15. The number of carbonyl (C=O) groups is 1. The van der Waals surface area contributed by atoms with E-state index in [4.69, 9.17) is 27.9 Å². The Morgan fingerprint density at radius 2 is 2.26 bits per heavy atom. The number of aromatic nitrogens is 1. The Kier molecular flexibility index (Phi) is 3.90. The van der Waals surface area contributed by atoms with Crippen molar-refractivity contribution in [2.45, 2.75) is 30.5 Å². The van der Waals surface area contributed by atoms with Crippen LogP contribution in [0.3, 0.4) is 0 Å². The average Bonchev–Trinajstić information content (AvgIpc) is 2.64. The summed E-state index contributed by atoms with van der Waals surface area (Å²) in [6.45, 7) is 3.71. The number of amides is 1. The van der Waals surface area contributed by atoms with Gasteiger partial charge in [0.25, 0.3) is 5.91 Å². The molecule has 0 bridgehead atoms. The van der Waals surface area contributed by atoms with E-state index >= 15 is 0 Å². The zero-order valence-corrected chi connectivity index (χ0v) is 12.1. The molecule has 1 atom stereocenters. The highest BCUT2D eigenvalue weighted by molar-refractivity contribution is 6.53. The SMILES string of the molecule is CC1(C)OC(c2cccc[n+]2[O-])CN1C(=O)C(Cl)Cl. The van der Waals surface area contributed by atoms with Gasteiger partial charge in [0, 0.05) is 12.1 Å². The summed E-state index contributed by atoms with van der Waals surface area (Å²) >= 11 is 11.2. The fourth-order valence-corrected chi connectivity index (χ4v) is 2.39. The first-order chi connectivity index (χ1) is 8.83. The largest absolute Gasteiger partial charge is 0.618 e. The maximum Gasteiger partial charge on any atom is 0.258 e. The van der Waals surface area contributed by atoms with Crippen molar-refractivity contribution in [1.29, 1.82) is 0 Å². The molecule has 0 spiro atoms. The summed E-state index contributed by atoms with van der Waals surface area (Å²) in [4.78, 5) is 12.2. The molecule has 1 amide bonds. The highest BCUT2D eigenvalue weighted by Crippen LogP contribution is 2.35. The van der Waals surface area contributed by atoms with Crippen LogP contribution in [0.4, 0.5) is 0 Å². The number of ether oxygens (including phenoxy) is 1. The lowest BCUT2D eigenvalue weighted by atomic mass is 10.2. The zero-order chi connectivity index (χ0) is 14.2. The monoisotopic (exact) mass is 304 g/mol. The van der Waals surface area contributed by atoms with Crippen LogP contribution in [0.15, 0.2) is 24.4 Å². The zero-order valence-electron chi connectivity index (χ0n) is 10.5. The van der Waals surface area contributed by atoms with E-state index in [1.807, 2.05) is 0 Å². The van der Waals surface area contributed by atoms with Gasteiger partial charge in [0.1, 0.15) is 5.72 Å². The third-order valence-electron chi connectivity index (χ3n) is 3.07. The van der Waals surface area contributed by atoms with Crippen molar-refractivity contribution in [3.05, 3.63) is 35.3 Å². The third-order valence-corrected chi connectivity index (χ3v) is 3.44. The molecule has 0 saturated carbocycles. The fraction of sp³-hybridized carbons (Fsp3) is 0.500. The second-order valence-corrected chi connectivity index (χ2v) is 5.85. The maximum atomic E-state index is 11.9. The average molecular weight is 305 g/mol. The number of pyridine rings is 1. The first-order valence-electron chi connectivity index (χ1n) is 5.78. The number of nitrogens with zero attached hydrogens (tertiary/aromatic N) is 2. The molecule has 5 nitrogen and oxygen atoms in total. The van der Waals surface area contributed by atoms with Gasteiger partial charge in [-0.25, -0.2) is 0 Å².